The molecule has 6 nitrogen and oxygen atoms in total. The topological polar surface area (TPSA) is 60.6 Å². The Kier molecular flexibility index (Phi) is 6.18. The van der Waals surface area contributed by atoms with Gasteiger partial charge in [-0.25, -0.2) is 0 Å². The maximum atomic E-state index is 6.11. The lowest BCUT2D eigenvalue weighted by molar-refractivity contribution is -0.00137. The predicted molar refractivity (Wildman–Crippen MR) is 94.3 cm³/mol. The number of rotatable bonds is 8. The molecule has 0 radical (unpaired) electrons. The van der Waals surface area contributed by atoms with E-state index in [1.54, 1.807) is 7.11 Å². The SMILES string of the molecule is COCCO[C@H]1CCN(Cc2c(C)noc2C)[C@H]1Cc1cccnc1. The van der Waals surface area contributed by atoms with Gasteiger partial charge >= 0.3 is 0 Å². The van der Waals surface area contributed by atoms with E-state index in [1.807, 2.05) is 32.3 Å². The first-order valence-electron chi connectivity index (χ1n) is 8.84. The number of likely N-dealkylation sites (tertiary alicyclic amines) is 1. The van der Waals surface area contributed by atoms with Gasteiger partial charge < -0.3 is 14.0 Å². The second-order valence-corrected chi connectivity index (χ2v) is 6.60. The first-order chi connectivity index (χ1) is 12.2. The van der Waals surface area contributed by atoms with E-state index in [0.717, 1.165) is 37.4 Å². The number of hydrogen-bond donors (Lipinski definition) is 0. The Labute approximate surface area is 149 Å². The van der Waals surface area contributed by atoms with E-state index in [-0.39, 0.29) is 6.10 Å². The normalized spacial score (nSPS) is 21.1. The molecule has 1 saturated heterocycles. The smallest absolute Gasteiger partial charge is 0.138 e. The average Bonchev–Trinajstić information content (AvgIpc) is 3.14. The van der Waals surface area contributed by atoms with Crippen LogP contribution >= 0.6 is 0 Å². The van der Waals surface area contributed by atoms with E-state index in [9.17, 15) is 0 Å². The van der Waals surface area contributed by atoms with Crippen LogP contribution in [0.15, 0.2) is 29.0 Å². The molecule has 136 valence electrons. The number of pyridine rings is 1. The van der Waals surface area contributed by atoms with Crippen LogP contribution in [0.3, 0.4) is 0 Å². The molecule has 2 aromatic heterocycles. The molecule has 0 N–H and O–H groups in total. The zero-order chi connectivity index (χ0) is 17.6. The molecule has 0 bridgehead atoms. The van der Waals surface area contributed by atoms with Gasteiger partial charge in [-0.3, -0.25) is 9.88 Å². The van der Waals surface area contributed by atoms with Gasteiger partial charge in [-0.2, -0.15) is 0 Å². The van der Waals surface area contributed by atoms with Crippen molar-refractivity contribution >= 4 is 0 Å². The first-order valence-corrected chi connectivity index (χ1v) is 8.84. The fourth-order valence-electron chi connectivity index (χ4n) is 3.51. The maximum Gasteiger partial charge on any atom is 0.138 e. The predicted octanol–water partition coefficient (Wildman–Crippen LogP) is 2.54. The van der Waals surface area contributed by atoms with Gasteiger partial charge in [-0.1, -0.05) is 11.2 Å². The lowest BCUT2D eigenvalue weighted by Gasteiger charge is -2.28. The van der Waals surface area contributed by atoms with Gasteiger partial charge in [0.1, 0.15) is 5.76 Å². The van der Waals surface area contributed by atoms with Gasteiger partial charge in [0.05, 0.1) is 25.0 Å². The molecule has 2 aromatic rings. The van der Waals surface area contributed by atoms with Crippen LogP contribution in [0.2, 0.25) is 0 Å². The van der Waals surface area contributed by atoms with E-state index in [1.165, 1.54) is 11.1 Å². The van der Waals surface area contributed by atoms with E-state index in [4.69, 9.17) is 14.0 Å². The fourth-order valence-corrected chi connectivity index (χ4v) is 3.51. The third-order valence-electron chi connectivity index (χ3n) is 4.93. The van der Waals surface area contributed by atoms with Crippen molar-refractivity contribution in [3.05, 3.63) is 47.1 Å². The minimum atomic E-state index is 0.204. The molecule has 0 amide bonds. The van der Waals surface area contributed by atoms with Gasteiger partial charge in [0.25, 0.3) is 0 Å². The van der Waals surface area contributed by atoms with Gasteiger partial charge in [0, 0.05) is 44.2 Å². The minimum absolute atomic E-state index is 0.204. The minimum Gasteiger partial charge on any atom is -0.382 e. The number of nitrogens with zero attached hydrogens (tertiary/aromatic N) is 3. The summed E-state index contributed by atoms with van der Waals surface area (Å²) in [7, 11) is 1.70. The molecule has 1 fully saturated rings. The van der Waals surface area contributed by atoms with Crippen LogP contribution in [0.5, 0.6) is 0 Å². The summed E-state index contributed by atoms with van der Waals surface area (Å²) in [6.45, 7) is 7.09. The average molecular weight is 345 g/mol. The molecular formula is C19H27N3O3. The molecule has 25 heavy (non-hydrogen) atoms. The number of methoxy groups -OCH3 is 1. The van der Waals surface area contributed by atoms with E-state index < -0.39 is 0 Å². The monoisotopic (exact) mass is 345 g/mol. The number of aryl methyl sites for hydroxylation is 2. The Hall–Kier alpha value is -1.76. The Balaban J connectivity index is 1.73. The summed E-state index contributed by atoms with van der Waals surface area (Å²) in [5.74, 6) is 0.904. The highest BCUT2D eigenvalue weighted by atomic mass is 16.5. The van der Waals surface area contributed by atoms with Gasteiger partial charge in [0.15, 0.2) is 0 Å². The third kappa shape index (κ3) is 4.45. The van der Waals surface area contributed by atoms with E-state index >= 15 is 0 Å². The third-order valence-corrected chi connectivity index (χ3v) is 4.93. The molecule has 0 aliphatic carbocycles. The van der Waals surface area contributed by atoms with Crippen LogP contribution in [-0.2, 0) is 22.4 Å². The molecule has 1 aliphatic rings. The summed E-state index contributed by atoms with van der Waals surface area (Å²) in [5.41, 5.74) is 3.40. The van der Waals surface area contributed by atoms with Crippen molar-refractivity contribution in [3.8, 4) is 0 Å². The van der Waals surface area contributed by atoms with Gasteiger partial charge in [0.2, 0.25) is 0 Å². The summed E-state index contributed by atoms with van der Waals surface area (Å²) in [5, 5.41) is 4.09. The van der Waals surface area contributed by atoms with E-state index in [2.05, 4.69) is 21.1 Å². The lowest BCUT2D eigenvalue weighted by atomic mass is 10.0. The van der Waals surface area contributed by atoms with Crippen molar-refractivity contribution in [2.45, 2.75) is 45.4 Å². The molecule has 0 spiro atoms. The first kappa shape index (κ1) is 18.0. The second-order valence-electron chi connectivity index (χ2n) is 6.60. The summed E-state index contributed by atoms with van der Waals surface area (Å²) >= 11 is 0. The fraction of sp³-hybridized carbons (Fsp3) is 0.579. The van der Waals surface area contributed by atoms with Crippen molar-refractivity contribution in [1.82, 2.24) is 15.0 Å². The standard InChI is InChI=1S/C19H27N3O3/c1-14-17(15(2)25-21-14)13-22-8-6-19(24-10-9-23-3)18(22)11-16-5-4-7-20-12-16/h4-5,7,12,18-19H,6,8-11,13H2,1-3H3/t18-,19-/m0/s1. The van der Waals surface area contributed by atoms with Crippen LogP contribution < -0.4 is 0 Å². The summed E-state index contributed by atoms with van der Waals surface area (Å²) in [6.07, 6.45) is 5.91. The molecule has 3 rings (SSSR count). The zero-order valence-electron chi connectivity index (χ0n) is 15.3. The van der Waals surface area contributed by atoms with Crippen LogP contribution in [-0.4, -0.2) is 54.1 Å². The summed E-state index contributed by atoms with van der Waals surface area (Å²) in [6, 6.07) is 4.43. The summed E-state index contributed by atoms with van der Waals surface area (Å²) < 4.78 is 16.6. The van der Waals surface area contributed by atoms with Gasteiger partial charge in [-0.05, 0) is 38.3 Å². The molecule has 0 unspecified atom stereocenters. The second kappa shape index (κ2) is 8.56. The molecule has 0 aromatic carbocycles. The van der Waals surface area contributed by atoms with Crippen molar-refractivity contribution < 1.29 is 14.0 Å². The molecule has 1 aliphatic heterocycles. The number of ether oxygens (including phenoxy) is 2. The maximum absolute atomic E-state index is 6.11. The van der Waals surface area contributed by atoms with Crippen molar-refractivity contribution in [1.29, 1.82) is 0 Å². The van der Waals surface area contributed by atoms with Crippen molar-refractivity contribution in [2.24, 2.45) is 0 Å². The Morgan fingerprint density at radius 2 is 2.20 bits per heavy atom. The van der Waals surface area contributed by atoms with Crippen LogP contribution in [0.4, 0.5) is 0 Å². The van der Waals surface area contributed by atoms with Crippen LogP contribution in [0.1, 0.15) is 29.0 Å². The quantitative estimate of drug-likeness (QED) is 0.685. The largest absolute Gasteiger partial charge is 0.382 e. The van der Waals surface area contributed by atoms with Crippen LogP contribution in [0.25, 0.3) is 0 Å². The molecule has 3 heterocycles. The van der Waals surface area contributed by atoms with Crippen LogP contribution in [0, 0.1) is 13.8 Å². The number of hydrogen-bond acceptors (Lipinski definition) is 6. The Morgan fingerprint density at radius 3 is 2.88 bits per heavy atom. The molecule has 2 atom stereocenters. The highest BCUT2D eigenvalue weighted by Crippen LogP contribution is 2.27. The highest BCUT2D eigenvalue weighted by Gasteiger charge is 2.35. The summed E-state index contributed by atoms with van der Waals surface area (Å²) in [4.78, 5) is 6.73. The Bertz CT molecular complexity index is 640. The van der Waals surface area contributed by atoms with Gasteiger partial charge in [-0.15, -0.1) is 0 Å². The molecular weight excluding hydrogens is 318 g/mol. The highest BCUT2D eigenvalue weighted by molar-refractivity contribution is 5.21. The number of aromatic nitrogens is 2. The van der Waals surface area contributed by atoms with Crippen molar-refractivity contribution in [2.75, 3.05) is 26.9 Å². The molecule has 6 heteroatoms. The Morgan fingerprint density at radius 1 is 1.32 bits per heavy atom. The molecule has 0 saturated carbocycles. The van der Waals surface area contributed by atoms with Crippen molar-refractivity contribution in [3.63, 3.8) is 0 Å². The zero-order valence-corrected chi connectivity index (χ0v) is 15.3. The van der Waals surface area contributed by atoms with E-state index in [0.29, 0.717) is 19.3 Å². The lowest BCUT2D eigenvalue weighted by Crippen LogP contribution is -2.38.